The molecule has 0 spiro atoms. The van der Waals surface area contributed by atoms with Crippen molar-refractivity contribution in [2.75, 3.05) is 39.4 Å². The molecule has 1 saturated heterocycles. The van der Waals surface area contributed by atoms with Crippen LogP contribution in [0.4, 0.5) is 4.39 Å². The highest BCUT2D eigenvalue weighted by Gasteiger charge is 2.12. The average Bonchev–Trinajstić information content (AvgIpc) is 2.55. The molecule has 23 heavy (non-hydrogen) atoms. The maximum Gasteiger partial charge on any atom is 0.229 e. The first-order valence-corrected chi connectivity index (χ1v) is 7.71. The van der Waals surface area contributed by atoms with E-state index < -0.39 is 0 Å². The van der Waals surface area contributed by atoms with E-state index in [0.717, 1.165) is 38.4 Å². The van der Waals surface area contributed by atoms with E-state index in [-0.39, 0.29) is 30.6 Å². The number of nitrogens with zero attached hydrogens (tertiary/aromatic N) is 1. The van der Waals surface area contributed by atoms with Crippen LogP contribution in [0.15, 0.2) is 24.3 Å². The minimum Gasteiger partial charge on any atom is -0.379 e. The minimum atomic E-state index is -0.349. The summed E-state index contributed by atoms with van der Waals surface area (Å²) in [6.07, 6.45) is -0.204. The Hall–Kier alpha value is -1.99. The van der Waals surface area contributed by atoms with Gasteiger partial charge in [0.25, 0.3) is 0 Å². The Morgan fingerprint density at radius 1 is 1.09 bits per heavy atom. The zero-order chi connectivity index (χ0) is 16.5. The van der Waals surface area contributed by atoms with Crippen molar-refractivity contribution in [1.82, 2.24) is 15.5 Å². The van der Waals surface area contributed by atoms with Gasteiger partial charge in [0.05, 0.1) is 13.2 Å². The van der Waals surface area contributed by atoms with Gasteiger partial charge in [-0.25, -0.2) is 4.39 Å². The smallest absolute Gasteiger partial charge is 0.229 e. The number of nitrogens with one attached hydrogen (secondary N) is 2. The Morgan fingerprint density at radius 2 is 1.74 bits per heavy atom. The van der Waals surface area contributed by atoms with Gasteiger partial charge in [-0.15, -0.1) is 0 Å². The Kier molecular flexibility index (Phi) is 6.96. The number of carbonyl (C=O) groups is 2. The monoisotopic (exact) mass is 323 g/mol. The summed E-state index contributed by atoms with van der Waals surface area (Å²) in [5.41, 5.74) is 0.785. The molecule has 0 unspecified atom stereocenters. The van der Waals surface area contributed by atoms with Crippen LogP contribution in [0.2, 0.25) is 0 Å². The number of carbonyl (C=O) groups excluding carboxylic acids is 2. The fourth-order valence-corrected chi connectivity index (χ4v) is 2.25. The lowest BCUT2D eigenvalue weighted by Crippen LogP contribution is -2.42. The van der Waals surface area contributed by atoms with Gasteiger partial charge in [0.15, 0.2) is 0 Å². The van der Waals surface area contributed by atoms with Crippen LogP contribution >= 0.6 is 0 Å². The molecule has 1 aliphatic heterocycles. The van der Waals surface area contributed by atoms with Crippen LogP contribution in [0.25, 0.3) is 0 Å². The maximum atomic E-state index is 12.8. The molecular weight excluding hydrogens is 301 g/mol. The van der Waals surface area contributed by atoms with Crippen LogP contribution in [-0.2, 0) is 20.9 Å². The Bertz CT molecular complexity index is 516. The topological polar surface area (TPSA) is 70.7 Å². The molecule has 1 aromatic carbocycles. The number of hydrogen-bond acceptors (Lipinski definition) is 4. The zero-order valence-corrected chi connectivity index (χ0v) is 13.0. The van der Waals surface area contributed by atoms with Crippen molar-refractivity contribution in [2.45, 2.75) is 13.0 Å². The van der Waals surface area contributed by atoms with Crippen molar-refractivity contribution in [2.24, 2.45) is 0 Å². The third-order valence-corrected chi connectivity index (χ3v) is 3.58. The predicted octanol–water partition coefficient (Wildman–Crippen LogP) is 0.280. The second-order valence-electron chi connectivity index (χ2n) is 5.38. The summed E-state index contributed by atoms with van der Waals surface area (Å²) in [6, 6.07) is 5.86. The van der Waals surface area contributed by atoms with Crippen LogP contribution in [0.3, 0.4) is 0 Å². The van der Waals surface area contributed by atoms with Crippen molar-refractivity contribution in [1.29, 1.82) is 0 Å². The highest BCUT2D eigenvalue weighted by Crippen LogP contribution is 2.02. The molecule has 0 aliphatic carbocycles. The minimum absolute atomic E-state index is 0.204. The molecule has 1 heterocycles. The second kappa shape index (κ2) is 9.22. The van der Waals surface area contributed by atoms with Crippen LogP contribution in [0.1, 0.15) is 12.0 Å². The molecule has 6 nitrogen and oxygen atoms in total. The molecule has 2 amide bonds. The summed E-state index contributed by atoms with van der Waals surface area (Å²) in [6.45, 7) is 4.73. The quantitative estimate of drug-likeness (QED) is 0.707. The molecule has 1 aliphatic rings. The summed E-state index contributed by atoms with van der Waals surface area (Å²) in [7, 11) is 0. The van der Waals surface area contributed by atoms with Crippen molar-refractivity contribution in [3.8, 4) is 0 Å². The molecule has 0 saturated carbocycles. The second-order valence-corrected chi connectivity index (χ2v) is 5.38. The van der Waals surface area contributed by atoms with E-state index in [1.54, 1.807) is 12.1 Å². The molecule has 126 valence electrons. The predicted molar refractivity (Wildman–Crippen MR) is 83.1 cm³/mol. The molecule has 1 fully saturated rings. The highest BCUT2D eigenvalue weighted by atomic mass is 19.1. The van der Waals surface area contributed by atoms with Gasteiger partial charge in [0.1, 0.15) is 12.2 Å². The molecule has 1 aromatic rings. The van der Waals surface area contributed by atoms with Crippen molar-refractivity contribution in [3.63, 3.8) is 0 Å². The standard InChI is InChI=1S/C16H22FN3O3/c17-14-3-1-13(2-4-14)12-19-16(22)11-15(21)18-5-6-20-7-9-23-10-8-20/h1-4H,5-12H2,(H,18,21)(H,19,22). The first kappa shape index (κ1) is 17.4. The Morgan fingerprint density at radius 3 is 2.43 bits per heavy atom. The molecule has 0 atom stereocenters. The molecule has 0 aromatic heterocycles. The third kappa shape index (κ3) is 6.75. The number of ether oxygens (including phenoxy) is 1. The summed E-state index contributed by atoms with van der Waals surface area (Å²) in [5.74, 6) is -0.965. The maximum absolute atomic E-state index is 12.8. The lowest BCUT2D eigenvalue weighted by Gasteiger charge is -2.26. The third-order valence-electron chi connectivity index (χ3n) is 3.58. The van der Waals surface area contributed by atoms with Crippen LogP contribution in [0, 0.1) is 5.82 Å². The SMILES string of the molecule is O=C(CC(=O)NCc1ccc(F)cc1)NCCN1CCOCC1. The molecule has 0 radical (unpaired) electrons. The van der Waals surface area contributed by atoms with E-state index in [4.69, 9.17) is 4.74 Å². The van der Waals surface area contributed by atoms with Crippen LogP contribution in [0.5, 0.6) is 0 Å². The Balaban J connectivity index is 1.58. The summed E-state index contributed by atoms with van der Waals surface area (Å²) in [4.78, 5) is 25.6. The summed E-state index contributed by atoms with van der Waals surface area (Å²) < 4.78 is 18.0. The van der Waals surface area contributed by atoms with Gasteiger partial charge in [-0.2, -0.15) is 0 Å². The largest absolute Gasteiger partial charge is 0.379 e. The normalized spacial score (nSPS) is 15.2. The number of benzene rings is 1. The van der Waals surface area contributed by atoms with Crippen molar-refractivity contribution >= 4 is 11.8 Å². The molecular formula is C16H22FN3O3. The van der Waals surface area contributed by atoms with Gasteiger partial charge in [-0.05, 0) is 17.7 Å². The number of amides is 2. The summed E-state index contributed by atoms with van der Waals surface area (Å²) in [5, 5.41) is 5.37. The van der Waals surface area contributed by atoms with E-state index in [0.29, 0.717) is 6.54 Å². The van der Waals surface area contributed by atoms with E-state index in [2.05, 4.69) is 15.5 Å². The van der Waals surface area contributed by atoms with E-state index in [9.17, 15) is 14.0 Å². The number of morpholine rings is 1. The van der Waals surface area contributed by atoms with Gasteiger partial charge in [-0.3, -0.25) is 14.5 Å². The van der Waals surface area contributed by atoms with E-state index in [1.165, 1.54) is 12.1 Å². The fourth-order valence-electron chi connectivity index (χ4n) is 2.25. The fraction of sp³-hybridized carbons (Fsp3) is 0.500. The molecule has 0 bridgehead atoms. The number of rotatable bonds is 7. The average molecular weight is 323 g/mol. The van der Waals surface area contributed by atoms with E-state index in [1.807, 2.05) is 0 Å². The van der Waals surface area contributed by atoms with Crippen molar-refractivity contribution < 1.29 is 18.7 Å². The number of hydrogen-bond donors (Lipinski definition) is 2. The van der Waals surface area contributed by atoms with Crippen LogP contribution in [-0.4, -0.2) is 56.1 Å². The lowest BCUT2D eigenvalue weighted by atomic mass is 10.2. The Labute approximate surface area is 135 Å². The van der Waals surface area contributed by atoms with Gasteiger partial charge >= 0.3 is 0 Å². The lowest BCUT2D eigenvalue weighted by molar-refractivity contribution is -0.129. The van der Waals surface area contributed by atoms with Crippen LogP contribution < -0.4 is 10.6 Å². The number of halogens is 1. The first-order chi connectivity index (χ1) is 11.1. The van der Waals surface area contributed by atoms with Crippen molar-refractivity contribution in [3.05, 3.63) is 35.6 Å². The highest BCUT2D eigenvalue weighted by molar-refractivity contribution is 5.96. The molecule has 2 rings (SSSR count). The zero-order valence-electron chi connectivity index (χ0n) is 13.0. The molecule has 2 N–H and O–H groups in total. The molecule has 7 heteroatoms. The van der Waals surface area contributed by atoms with Gasteiger partial charge in [0, 0.05) is 32.7 Å². The van der Waals surface area contributed by atoms with E-state index >= 15 is 0 Å². The first-order valence-electron chi connectivity index (χ1n) is 7.71. The van der Waals surface area contributed by atoms with Gasteiger partial charge in [-0.1, -0.05) is 12.1 Å². The van der Waals surface area contributed by atoms with Gasteiger partial charge in [0.2, 0.25) is 11.8 Å². The summed E-state index contributed by atoms with van der Waals surface area (Å²) >= 11 is 0. The van der Waals surface area contributed by atoms with Gasteiger partial charge < -0.3 is 15.4 Å².